The molecule has 1 aliphatic carbocycles. The number of hydrogen-bond acceptors (Lipinski definition) is 6. The first kappa shape index (κ1) is 19.0. The highest BCUT2D eigenvalue weighted by molar-refractivity contribution is 7.16. The molecule has 0 bridgehead atoms. The third kappa shape index (κ3) is 3.02. The van der Waals surface area contributed by atoms with E-state index in [4.69, 9.17) is 25.0 Å². The van der Waals surface area contributed by atoms with Crippen LogP contribution in [0, 0.1) is 0 Å². The van der Waals surface area contributed by atoms with Crippen molar-refractivity contribution in [1.82, 2.24) is 9.78 Å². The van der Waals surface area contributed by atoms with E-state index in [0.717, 1.165) is 54.6 Å². The number of carbonyl (C=O) groups is 1. The lowest BCUT2D eigenvalue weighted by Crippen LogP contribution is -2.14. The van der Waals surface area contributed by atoms with Crippen LogP contribution in [0.15, 0.2) is 18.2 Å². The van der Waals surface area contributed by atoms with Gasteiger partial charge < -0.3 is 19.9 Å². The van der Waals surface area contributed by atoms with Crippen LogP contribution < -0.4 is 19.9 Å². The molecule has 2 aliphatic rings. The number of hydrogen-bond donors (Lipinski definition) is 1. The molecular weight excluding hydrogens is 402 g/mol. The largest absolute Gasteiger partial charge is 0.454 e. The Morgan fingerprint density at radius 2 is 2.07 bits per heavy atom. The summed E-state index contributed by atoms with van der Waals surface area (Å²) in [6, 6.07) is 5.46. The van der Waals surface area contributed by atoms with Gasteiger partial charge in [0.15, 0.2) is 16.6 Å². The maximum absolute atomic E-state index is 12.2. The van der Waals surface area contributed by atoms with Crippen molar-refractivity contribution in [3.63, 3.8) is 0 Å². The summed E-state index contributed by atoms with van der Waals surface area (Å²) in [4.78, 5) is 12.7. The number of fused-ring (bicyclic) bond motifs is 4. The standard InChI is InChI=1S/C22H23N3O4S/c1-3-4-5-15-13-7-8-14-18(19(13)25(2)24-15)22(30-20(14)21(23)26)29-12-6-9-16-17(10-12)28-11-27-16/h6,9-10H,3-5,7-8,11H2,1-2H3,(H2,23,26). The minimum atomic E-state index is -0.423. The average Bonchev–Trinajstić information content (AvgIpc) is 3.42. The van der Waals surface area contributed by atoms with Gasteiger partial charge in [-0.3, -0.25) is 9.48 Å². The Balaban J connectivity index is 1.60. The molecule has 156 valence electrons. The summed E-state index contributed by atoms with van der Waals surface area (Å²) >= 11 is 1.30. The topological polar surface area (TPSA) is 88.6 Å². The fourth-order valence-corrected chi connectivity index (χ4v) is 5.31. The van der Waals surface area contributed by atoms with Crippen molar-refractivity contribution in [3.05, 3.63) is 39.9 Å². The summed E-state index contributed by atoms with van der Waals surface area (Å²) in [5, 5.41) is 5.45. The van der Waals surface area contributed by atoms with Gasteiger partial charge in [0.2, 0.25) is 6.79 Å². The van der Waals surface area contributed by atoms with Gasteiger partial charge in [-0.2, -0.15) is 5.10 Å². The number of carbonyl (C=O) groups excluding carboxylic acids is 1. The Bertz CT molecular complexity index is 1150. The van der Waals surface area contributed by atoms with Crippen LogP contribution in [0.25, 0.3) is 11.3 Å². The molecule has 0 saturated heterocycles. The zero-order valence-corrected chi connectivity index (χ0v) is 17.8. The molecule has 3 aromatic rings. The number of rotatable bonds is 6. The summed E-state index contributed by atoms with van der Waals surface area (Å²) in [6.07, 6.45) is 4.80. The summed E-state index contributed by atoms with van der Waals surface area (Å²) in [6.45, 7) is 2.39. The molecule has 0 saturated carbocycles. The van der Waals surface area contributed by atoms with Gasteiger partial charge >= 0.3 is 0 Å². The molecule has 30 heavy (non-hydrogen) atoms. The lowest BCUT2D eigenvalue weighted by molar-refractivity contribution is 0.100. The molecule has 0 fully saturated rings. The molecule has 1 amide bonds. The predicted octanol–water partition coefficient (Wildman–Crippen LogP) is 4.21. The minimum absolute atomic E-state index is 0.206. The number of aryl methyl sites for hydroxylation is 2. The van der Waals surface area contributed by atoms with Gasteiger partial charge in [0, 0.05) is 18.7 Å². The van der Waals surface area contributed by atoms with Crippen LogP contribution in [-0.2, 0) is 26.3 Å². The van der Waals surface area contributed by atoms with E-state index >= 15 is 0 Å². The van der Waals surface area contributed by atoms with Crippen molar-refractivity contribution in [2.45, 2.75) is 39.0 Å². The van der Waals surface area contributed by atoms with Crippen molar-refractivity contribution in [1.29, 1.82) is 0 Å². The molecule has 3 heterocycles. The van der Waals surface area contributed by atoms with E-state index in [2.05, 4.69) is 6.92 Å². The van der Waals surface area contributed by atoms with Crippen LogP contribution in [0.3, 0.4) is 0 Å². The molecule has 0 radical (unpaired) electrons. The first-order valence-corrected chi connectivity index (χ1v) is 11.0. The summed E-state index contributed by atoms with van der Waals surface area (Å²) < 4.78 is 19.0. The number of ether oxygens (including phenoxy) is 3. The Hall–Kier alpha value is -3.00. The van der Waals surface area contributed by atoms with E-state index < -0.39 is 5.91 Å². The minimum Gasteiger partial charge on any atom is -0.454 e. The van der Waals surface area contributed by atoms with E-state index in [0.29, 0.717) is 27.2 Å². The van der Waals surface area contributed by atoms with Crippen molar-refractivity contribution in [2.75, 3.05) is 6.79 Å². The van der Waals surface area contributed by atoms with Gasteiger partial charge in [-0.1, -0.05) is 24.7 Å². The molecule has 0 unspecified atom stereocenters. The molecule has 2 N–H and O–H groups in total. The summed E-state index contributed by atoms with van der Waals surface area (Å²) in [5.41, 5.74) is 11.0. The van der Waals surface area contributed by atoms with Gasteiger partial charge in [0.1, 0.15) is 5.75 Å². The zero-order valence-electron chi connectivity index (χ0n) is 17.0. The molecule has 5 rings (SSSR count). The second-order valence-electron chi connectivity index (χ2n) is 7.55. The molecular formula is C22H23N3O4S. The molecule has 2 aromatic heterocycles. The Morgan fingerprint density at radius 1 is 1.27 bits per heavy atom. The summed E-state index contributed by atoms with van der Waals surface area (Å²) in [5.74, 6) is 1.55. The smallest absolute Gasteiger partial charge is 0.259 e. The molecule has 7 nitrogen and oxygen atoms in total. The van der Waals surface area contributed by atoms with Crippen LogP contribution in [0.4, 0.5) is 0 Å². The lowest BCUT2D eigenvalue weighted by Gasteiger charge is -2.17. The molecule has 0 atom stereocenters. The monoisotopic (exact) mass is 425 g/mol. The third-order valence-electron chi connectivity index (χ3n) is 5.61. The quantitative estimate of drug-likeness (QED) is 0.639. The second-order valence-corrected chi connectivity index (χ2v) is 8.54. The Morgan fingerprint density at radius 3 is 2.87 bits per heavy atom. The fraction of sp³-hybridized carbons (Fsp3) is 0.364. The van der Waals surface area contributed by atoms with Gasteiger partial charge in [-0.15, -0.1) is 0 Å². The van der Waals surface area contributed by atoms with Crippen LogP contribution in [0.5, 0.6) is 22.3 Å². The SMILES string of the molecule is CCCCc1nn(C)c2c1CCc1c(C(N)=O)sc(Oc3ccc4c(c3)OCO4)c1-2. The molecule has 1 aliphatic heterocycles. The predicted molar refractivity (Wildman–Crippen MR) is 114 cm³/mol. The van der Waals surface area contributed by atoms with Crippen LogP contribution in [0.2, 0.25) is 0 Å². The van der Waals surface area contributed by atoms with Gasteiger partial charge in [0.25, 0.3) is 5.91 Å². The van der Waals surface area contributed by atoms with Crippen LogP contribution >= 0.6 is 11.3 Å². The summed E-state index contributed by atoms with van der Waals surface area (Å²) in [7, 11) is 1.95. The first-order chi connectivity index (χ1) is 14.6. The van der Waals surface area contributed by atoms with E-state index in [9.17, 15) is 4.79 Å². The van der Waals surface area contributed by atoms with E-state index in [1.54, 1.807) is 6.07 Å². The second kappa shape index (κ2) is 7.36. The number of nitrogens with two attached hydrogens (primary N) is 1. The molecule has 0 spiro atoms. The van der Waals surface area contributed by atoms with Crippen LogP contribution in [-0.4, -0.2) is 22.5 Å². The highest BCUT2D eigenvalue weighted by atomic mass is 32.1. The van der Waals surface area contributed by atoms with Gasteiger partial charge in [-0.05, 0) is 43.4 Å². The van der Waals surface area contributed by atoms with E-state index in [1.807, 2.05) is 23.9 Å². The Kier molecular flexibility index (Phi) is 4.66. The van der Waals surface area contributed by atoms with Gasteiger partial charge in [-0.25, -0.2) is 0 Å². The van der Waals surface area contributed by atoms with Gasteiger partial charge in [0.05, 0.1) is 21.8 Å². The van der Waals surface area contributed by atoms with Crippen LogP contribution in [0.1, 0.15) is 46.3 Å². The normalized spacial score (nSPS) is 13.8. The van der Waals surface area contributed by atoms with E-state index in [-0.39, 0.29) is 6.79 Å². The number of amides is 1. The number of nitrogens with zero attached hydrogens (tertiary/aromatic N) is 2. The first-order valence-electron chi connectivity index (χ1n) is 10.1. The van der Waals surface area contributed by atoms with Crippen molar-refractivity contribution >= 4 is 17.2 Å². The van der Waals surface area contributed by atoms with E-state index in [1.165, 1.54) is 16.9 Å². The Labute approximate surface area is 178 Å². The maximum Gasteiger partial charge on any atom is 0.259 e. The highest BCUT2D eigenvalue weighted by Gasteiger charge is 2.33. The van der Waals surface area contributed by atoms with Crippen molar-refractivity contribution in [3.8, 4) is 33.6 Å². The fourth-order valence-electron chi connectivity index (χ4n) is 4.23. The highest BCUT2D eigenvalue weighted by Crippen LogP contribution is 2.49. The van der Waals surface area contributed by atoms with Crippen molar-refractivity contribution < 1.29 is 19.0 Å². The number of primary amides is 1. The third-order valence-corrected chi connectivity index (χ3v) is 6.74. The number of unbranched alkanes of at least 4 members (excludes halogenated alkanes) is 1. The van der Waals surface area contributed by atoms with Crippen molar-refractivity contribution in [2.24, 2.45) is 12.8 Å². The molecule has 8 heteroatoms. The maximum atomic E-state index is 12.2. The lowest BCUT2D eigenvalue weighted by atomic mass is 9.89. The number of aromatic nitrogens is 2. The zero-order chi connectivity index (χ0) is 20.8. The average molecular weight is 426 g/mol. The number of benzene rings is 1. The molecule has 1 aromatic carbocycles. The number of thiophene rings is 1.